The van der Waals surface area contributed by atoms with Gasteiger partial charge in [-0.15, -0.1) is 0 Å². The molecule has 35 heavy (non-hydrogen) atoms. The van der Waals surface area contributed by atoms with E-state index in [0.717, 1.165) is 17.2 Å². The van der Waals surface area contributed by atoms with E-state index in [2.05, 4.69) is 5.32 Å². The number of hydrogen-bond acceptors (Lipinski definition) is 5. The summed E-state index contributed by atoms with van der Waals surface area (Å²) in [7, 11) is 0. The molecule has 4 aromatic rings. The van der Waals surface area contributed by atoms with E-state index in [0.29, 0.717) is 35.8 Å². The first-order valence-electron chi connectivity index (χ1n) is 11.1. The van der Waals surface area contributed by atoms with Crippen molar-refractivity contribution in [3.63, 3.8) is 0 Å². The molecule has 1 aliphatic heterocycles. The van der Waals surface area contributed by atoms with Crippen molar-refractivity contribution in [2.45, 2.75) is 33.0 Å². The highest BCUT2D eigenvalue weighted by Crippen LogP contribution is 2.35. The molecule has 1 aromatic heterocycles. The third-order valence-electron chi connectivity index (χ3n) is 6.36. The number of aromatic carboxylic acids is 1. The first kappa shape index (κ1) is 22.6. The molecule has 0 bridgehead atoms. The van der Waals surface area contributed by atoms with Crippen LogP contribution in [0.25, 0.3) is 11.0 Å². The molecule has 178 valence electrons. The van der Waals surface area contributed by atoms with Crippen LogP contribution >= 0.6 is 0 Å². The first-order valence-corrected chi connectivity index (χ1v) is 11.1. The summed E-state index contributed by atoms with van der Waals surface area (Å²) in [6.45, 7) is 4.18. The van der Waals surface area contributed by atoms with Gasteiger partial charge >= 0.3 is 5.97 Å². The quantitative estimate of drug-likeness (QED) is 0.381. The minimum Gasteiger partial charge on any atom is -0.478 e. The topological polar surface area (TPSA) is 82.8 Å². The molecule has 0 fully saturated rings. The van der Waals surface area contributed by atoms with Gasteiger partial charge in [0.1, 0.15) is 17.2 Å². The number of rotatable bonds is 5. The van der Waals surface area contributed by atoms with Gasteiger partial charge in [-0.3, -0.25) is 4.79 Å². The minimum atomic E-state index is -1.10. The molecule has 0 aliphatic carbocycles. The molecule has 0 unspecified atom stereocenters. The van der Waals surface area contributed by atoms with Crippen LogP contribution in [0.2, 0.25) is 0 Å². The lowest BCUT2D eigenvalue weighted by molar-refractivity contribution is 0.0698. The van der Waals surface area contributed by atoms with Crippen LogP contribution in [0.15, 0.2) is 63.8 Å². The van der Waals surface area contributed by atoms with Crippen molar-refractivity contribution in [2.75, 3.05) is 10.2 Å². The molecule has 0 radical (unpaired) electrons. The number of fused-ring (bicyclic) bond motifs is 2. The zero-order chi connectivity index (χ0) is 24.9. The predicted octanol–water partition coefficient (Wildman–Crippen LogP) is 5.77. The monoisotopic (exact) mass is 476 g/mol. The highest BCUT2D eigenvalue weighted by molar-refractivity contribution is 5.94. The van der Waals surface area contributed by atoms with Crippen molar-refractivity contribution in [3.8, 4) is 0 Å². The highest BCUT2D eigenvalue weighted by atomic mass is 19.1. The number of carbonyl (C=O) groups is 1. The Hall–Kier alpha value is -4.20. The predicted molar refractivity (Wildman–Crippen MR) is 129 cm³/mol. The Kier molecular flexibility index (Phi) is 5.51. The van der Waals surface area contributed by atoms with Crippen LogP contribution in [0, 0.1) is 18.6 Å². The Bertz CT molecular complexity index is 1550. The van der Waals surface area contributed by atoms with Gasteiger partial charge in [-0.05, 0) is 61.4 Å². The molecule has 2 N–H and O–H groups in total. The fraction of sp³-hybridized carbons (Fsp3) is 0.185. The zero-order valence-corrected chi connectivity index (χ0v) is 19.1. The number of halogens is 2. The lowest BCUT2D eigenvalue weighted by Crippen LogP contribution is -2.20. The van der Waals surface area contributed by atoms with Gasteiger partial charge in [-0.2, -0.15) is 0 Å². The van der Waals surface area contributed by atoms with Gasteiger partial charge in [0.15, 0.2) is 5.43 Å². The Balaban J connectivity index is 1.60. The van der Waals surface area contributed by atoms with E-state index in [4.69, 9.17) is 4.42 Å². The minimum absolute atomic E-state index is 0.0695. The summed E-state index contributed by atoms with van der Waals surface area (Å²) in [5, 5.41) is 12.7. The second-order valence-corrected chi connectivity index (χ2v) is 8.72. The van der Waals surface area contributed by atoms with Crippen LogP contribution in [0.1, 0.15) is 45.6 Å². The Morgan fingerprint density at radius 3 is 2.57 bits per heavy atom. The summed E-state index contributed by atoms with van der Waals surface area (Å²) < 4.78 is 34.5. The summed E-state index contributed by atoms with van der Waals surface area (Å²) in [6.07, 6.45) is 0. The maximum Gasteiger partial charge on any atom is 0.337 e. The smallest absolute Gasteiger partial charge is 0.337 e. The number of anilines is 2. The highest BCUT2D eigenvalue weighted by Gasteiger charge is 2.26. The molecule has 1 aliphatic rings. The van der Waals surface area contributed by atoms with Crippen molar-refractivity contribution < 1.29 is 23.1 Å². The van der Waals surface area contributed by atoms with Crippen LogP contribution in [0.4, 0.5) is 20.4 Å². The van der Waals surface area contributed by atoms with Crippen molar-refractivity contribution in [1.29, 1.82) is 0 Å². The van der Waals surface area contributed by atoms with Crippen LogP contribution < -0.4 is 15.6 Å². The van der Waals surface area contributed by atoms with Gasteiger partial charge in [0, 0.05) is 24.3 Å². The lowest BCUT2D eigenvalue weighted by atomic mass is 10.0. The average molecular weight is 476 g/mol. The number of nitrogens with zero attached hydrogens (tertiary/aromatic N) is 1. The molecule has 0 spiro atoms. The summed E-state index contributed by atoms with van der Waals surface area (Å²) in [6, 6.07) is 12.8. The molecular formula is C27H22F2N2O4. The van der Waals surface area contributed by atoms with Crippen molar-refractivity contribution in [1.82, 2.24) is 0 Å². The third kappa shape index (κ3) is 4.01. The summed E-state index contributed by atoms with van der Waals surface area (Å²) in [5.41, 5.74) is 2.74. The molecule has 5 rings (SSSR count). The molecule has 0 saturated heterocycles. The van der Waals surface area contributed by atoms with E-state index in [1.165, 1.54) is 24.3 Å². The first-order chi connectivity index (χ1) is 16.7. The maximum atomic E-state index is 14.6. The fourth-order valence-corrected chi connectivity index (χ4v) is 4.61. The standard InChI is InChI=1S/C27H22F2N2O4/c1-14-24(32)22-11-19(29)10-21(15(2)30-23-6-4-3-5-20(23)27(33)34)25(22)35-26(14)31-12-16-7-8-18(28)9-17(16)13-31/h3-11,15,30H,12-13H2,1-2H3,(H,33,34)/t15-/m1/s1. The Morgan fingerprint density at radius 2 is 1.80 bits per heavy atom. The van der Waals surface area contributed by atoms with Gasteiger partial charge in [0.2, 0.25) is 5.88 Å². The van der Waals surface area contributed by atoms with Gasteiger partial charge in [0.05, 0.1) is 22.6 Å². The fourth-order valence-electron chi connectivity index (χ4n) is 4.61. The van der Waals surface area contributed by atoms with E-state index in [1.54, 1.807) is 38.1 Å². The molecule has 2 heterocycles. The molecule has 8 heteroatoms. The zero-order valence-electron chi connectivity index (χ0n) is 19.1. The number of carboxylic acids is 1. The Morgan fingerprint density at radius 1 is 1.06 bits per heavy atom. The normalized spacial score (nSPS) is 13.7. The van der Waals surface area contributed by atoms with Gasteiger partial charge in [0.25, 0.3) is 0 Å². The summed E-state index contributed by atoms with van der Waals surface area (Å²) in [5.74, 6) is -1.69. The third-order valence-corrected chi connectivity index (χ3v) is 6.36. The van der Waals surface area contributed by atoms with E-state index in [-0.39, 0.29) is 27.8 Å². The molecular weight excluding hydrogens is 454 g/mol. The SMILES string of the molecule is Cc1c(N2Cc3ccc(F)cc3C2)oc2c([C@@H](C)Nc3ccccc3C(=O)O)cc(F)cc2c1=O. The Labute approximate surface area is 199 Å². The van der Waals surface area contributed by atoms with Gasteiger partial charge in [-0.1, -0.05) is 18.2 Å². The van der Waals surface area contributed by atoms with E-state index < -0.39 is 17.8 Å². The van der Waals surface area contributed by atoms with Crippen LogP contribution in [-0.2, 0) is 13.1 Å². The van der Waals surface area contributed by atoms with Crippen LogP contribution in [-0.4, -0.2) is 11.1 Å². The number of para-hydroxylation sites is 1. The lowest BCUT2D eigenvalue weighted by Gasteiger charge is -2.22. The number of hydrogen-bond donors (Lipinski definition) is 2. The number of benzene rings is 3. The molecule has 6 nitrogen and oxygen atoms in total. The largest absolute Gasteiger partial charge is 0.478 e. The second kappa shape index (κ2) is 8.54. The second-order valence-electron chi connectivity index (χ2n) is 8.72. The molecule has 3 aromatic carbocycles. The van der Waals surface area contributed by atoms with E-state index >= 15 is 0 Å². The van der Waals surface area contributed by atoms with Gasteiger partial charge in [-0.25, -0.2) is 13.6 Å². The average Bonchev–Trinajstić information content (AvgIpc) is 3.24. The van der Waals surface area contributed by atoms with Crippen LogP contribution in [0.5, 0.6) is 0 Å². The summed E-state index contributed by atoms with van der Waals surface area (Å²) in [4.78, 5) is 26.7. The maximum absolute atomic E-state index is 14.6. The number of carboxylic acid groups (broad SMARTS) is 1. The van der Waals surface area contributed by atoms with Crippen LogP contribution in [0.3, 0.4) is 0 Å². The molecule has 1 atom stereocenters. The van der Waals surface area contributed by atoms with Crippen molar-refractivity contribution in [2.24, 2.45) is 0 Å². The number of nitrogens with one attached hydrogen (secondary N) is 1. The summed E-state index contributed by atoms with van der Waals surface area (Å²) >= 11 is 0. The van der Waals surface area contributed by atoms with Crippen molar-refractivity contribution >= 4 is 28.5 Å². The van der Waals surface area contributed by atoms with E-state index in [9.17, 15) is 23.5 Å². The van der Waals surface area contributed by atoms with Crippen molar-refractivity contribution in [3.05, 3.63) is 104 Å². The molecule has 0 amide bonds. The van der Waals surface area contributed by atoms with E-state index in [1.807, 2.05) is 4.90 Å². The molecule has 0 saturated carbocycles. The van der Waals surface area contributed by atoms with Gasteiger partial charge < -0.3 is 19.7 Å².